The highest BCUT2D eigenvalue weighted by Gasteiger charge is 2.17. The van der Waals surface area contributed by atoms with E-state index in [-0.39, 0.29) is 12.8 Å². The van der Waals surface area contributed by atoms with Crippen molar-refractivity contribution in [2.75, 3.05) is 6.61 Å². The minimum Gasteiger partial charge on any atom is -0.481 e. The number of benzene rings is 4. The maximum atomic E-state index is 12.1. The van der Waals surface area contributed by atoms with Gasteiger partial charge in [0.25, 0.3) is 0 Å². The monoisotopic (exact) mass is 537 g/mol. The molecule has 0 fully saturated rings. The van der Waals surface area contributed by atoms with Crippen molar-refractivity contribution < 1.29 is 28.6 Å². The lowest BCUT2D eigenvalue weighted by Crippen LogP contribution is -2.40. The van der Waals surface area contributed by atoms with Gasteiger partial charge in [-0.05, 0) is 47.4 Å². The van der Waals surface area contributed by atoms with Crippen LogP contribution in [0.1, 0.15) is 32.6 Å². The van der Waals surface area contributed by atoms with Crippen LogP contribution in [-0.4, -0.2) is 30.0 Å². The molecule has 0 saturated carbocycles. The second kappa shape index (κ2) is 12.4. The molecule has 0 aliphatic rings. The fraction of sp³-hybridized carbons (Fsp3) is 0.212. The van der Waals surface area contributed by atoms with Gasteiger partial charge in [-0.2, -0.15) is 0 Å². The molecule has 0 aliphatic carbocycles. The standard InChI is InChI=1S/C33H31NO6/c1-2-3-20-38-33(37)34-30(18-19-31(35)36)39-25-16-14-22(15-17-25)23-8-6-9-24(21-23)26-11-7-12-28-27-10-4-5-13-29(27)40-32(26)28/h4-17,21,30H,2-3,18-20H2,1H3,(H,34,37)(H,35,36). The van der Waals surface area contributed by atoms with Gasteiger partial charge in [-0.15, -0.1) is 0 Å². The summed E-state index contributed by atoms with van der Waals surface area (Å²) in [5, 5.41) is 13.9. The molecule has 2 N–H and O–H groups in total. The van der Waals surface area contributed by atoms with E-state index in [9.17, 15) is 9.59 Å². The van der Waals surface area contributed by atoms with Crippen molar-refractivity contribution in [2.24, 2.45) is 0 Å². The van der Waals surface area contributed by atoms with Crippen LogP contribution >= 0.6 is 0 Å². The molecule has 5 aromatic rings. The van der Waals surface area contributed by atoms with Crippen LogP contribution in [-0.2, 0) is 9.53 Å². The number of ether oxygens (including phenoxy) is 2. The number of nitrogens with one attached hydrogen (secondary N) is 1. The first kappa shape index (κ1) is 26.8. The summed E-state index contributed by atoms with van der Waals surface area (Å²) in [6.45, 7) is 2.30. The number of para-hydroxylation sites is 2. The molecule has 1 amide bonds. The highest BCUT2D eigenvalue weighted by atomic mass is 16.6. The molecule has 1 unspecified atom stereocenters. The van der Waals surface area contributed by atoms with Crippen molar-refractivity contribution in [1.82, 2.24) is 5.32 Å². The van der Waals surface area contributed by atoms with Crippen molar-refractivity contribution >= 4 is 34.0 Å². The lowest BCUT2D eigenvalue weighted by Gasteiger charge is -2.20. The van der Waals surface area contributed by atoms with Crippen molar-refractivity contribution in [2.45, 2.75) is 38.8 Å². The summed E-state index contributed by atoms with van der Waals surface area (Å²) < 4.78 is 17.3. The number of hydrogen-bond donors (Lipinski definition) is 2. The summed E-state index contributed by atoms with van der Waals surface area (Å²) in [4.78, 5) is 23.2. The van der Waals surface area contributed by atoms with Gasteiger partial charge in [-0.1, -0.05) is 80.1 Å². The maximum absolute atomic E-state index is 12.1. The molecule has 0 radical (unpaired) electrons. The van der Waals surface area contributed by atoms with E-state index in [1.165, 1.54) is 0 Å². The average molecular weight is 538 g/mol. The molecule has 7 heteroatoms. The van der Waals surface area contributed by atoms with Crippen LogP contribution in [0.5, 0.6) is 5.75 Å². The van der Waals surface area contributed by atoms with Crippen LogP contribution in [0.3, 0.4) is 0 Å². The third kappa shape index (κ3) is 6.26. The molecule has 1 atom stereocenters. The number of carboxylic acid groups (broad SMARTS) is 1. The smallest absolute Gasteiger partial charge is 0.409 e. The molecule has 0 bridgehead atoms. The van der Waals surface area contributed by atoms with Gasteiger partial charge in [0.2, 0.25) is 0 Å². The Morgan fingerprint density at radius 1 is 0.875 bits per heavy atom. The first-order valence-corrected chi connectivity index (χ1v) is 13.4. The van der Waals surface area contributed by atoms with Gasteiger partial charge in [0, 0.05) is 22.8 Å². The predicted molar refractivity (Wildman–Crippen MR) is 155 cm³/mol. The third-order valence-electron chi connectivity index (χ3n) is 6.67. The summed E-state index contributed by atoms with van der Waals surface area (Å²) in [5.41, 5.74) is 5.80. The summed E-state index contributed by atoms with van der Waals surface area (Å²) >= 11 is 0. The molecule has 5 rings (SSSR count). The number of alkyl carbamates (subject to hydrolysis) is 1. The zero-order valence-electron chi connectivity index (χ0n) is 22.3. The van der Waals surface area contributed by atoms with Gasteiger partial charge in [0.15, 0.2) is 6.23 Å². The second-order valence-electron chi connectivity index (χ2n) is 9.56. The largest absolute Gasteiger partial charge is 0.481 e. The van der Waals surface area contributed by atoms with Crippen LogP contribution in [0.4, 0.5) is 4.79 Å². The molecule has 40 heavy (non-hydrogen) atoms. The van der Waals surface area contributed by atoms with Gasteiger partial charge in [-0.25, -0.2) is 4.79 Å². The molecular weight excluding hydrogens is 506 g/mol. The topological polar surface area (TPSA) is 98.0 Å². The number of carbonyl (C=O) groups is 2. The van der Waals surface area contributed by atoms with E-state index in [4.69, 9.17) is 19.0 Å². The molecule has 4 aromatic carbocycles. The number of hydrogen-bond acceptors (Lipinski definition) is 5. The molecule has 0 saturated heterocycles. The van der Waals surface area contributed by atoms with Crippen molar-refractivity contribution in [3.63, 3.8) is 0 Å². The summed E-state index contributed by atoms with van der Waals surface area (Å²) in [6.07, 6.45) is 0.153. The Bertz CT molecular complexity index is 1620. The van der Waals surface area contributed by atoms with Crippen LogP contribution < -0.4 is 10.1 Å². The summed E-state index contributed by atoms with van der Waals surface area (Å²) in [5.74, 6) is -0.459. The van der Waals surface area contributed by atoms with E-state index in [0.29, 0.717) is 12.4 Å². The van der Waals surface area contributed by atoms with Gasteiger partial charge in [-0.3, -0.25) is 10.1 Å². The second-order valence-corrected chi connectivity index (χ2v) is 9.56. The van der Waals surface area contributed by atoms with Crippen LogP contribution in [0.15, 0.2) is 95.4 Å². The third-order valence-corrected chi connectivity index (χ3v) is 6.67. The average Bonchev–Trinajstić information content (AvgIpc) is 3.35. The van der Waals surface area contributed by atoms with Gasteiger partial charge < -0.3 is 19.0 Å². The normalized spacial score (nSPS) is 11.8. The van der Waals surface area contributed by atoms with E-state index in [0.717, 1.165) is 57.0 Å². The number of unbranched alkanes of at least 4 members (excludes halogenated alkanes) is 1. The molecule has 1 heterocycles. The van der Waals surface area contributed by atoms with Crippen LogP contribution in [0.25, 0.3) is 44.2 Å². The van der Waals surface area contributed by atoms with Crippen LogP contribution in [0.2, 0.25) is 0 Å². The minimum atomic E-state index is -0.969. The Kier molecular flexibility index (Phi) is 8.30. The van der Waals surface area contributed by atoms with E-state index in [1.54, 1.807) is 12.1 Å². The van der Waals surface area contributed by atoms with E-state index >= 15 is 0 Å². The lowest BCUT2D eigenvalue weighted by atomic mass is 9.97. The quantitative estimate of drug-likeness (QED) is 0.131. The zero-order chi connectivity index (χ0) is 27.9. The predicted octanol–water partition coefficient (Wildman–Crippen LogP) is 8.02. The number of fused-ring (bicyclic) bond motifs is 3. The van der Waals surface area contributed by atoms with Gasteiger partial charge >= 0.3 is 12.1 Å². The summed E-state index contributed by atoms with van der Waals surface area (Å²) in [7, 11) is 0. The van der Waals surface area contributed by atoms with Crippen molar-refractivity contribution in [3.05, 3.63) is 91.0 Å². The van der Waals surface area contributed by atoms with Gasteiger partial charge in [0.05, 0.1) is 13.0 Å². The Labute approximate surface area is 232 Å². The minimum absolute atomic E-state index is 0.106. The summed E-state index contributed by atoms with van der Waals surface area (Å²) in [6, 6.07) is 30.0. The fourth-order valence-electron chi connectivity index (χ4n) is 4.63. The number of furan rings is 1. The number of rotatable bonds is 11. The number of carboxylic acids is 1. The Morgan fingerprint density at radius 2 is 1.62 bits per heavy atom. The maximum Gasteiger partial charge on any atom is 0.409 e. The molecule has 0 spiro atoms. The fourth-order valence-corrected chi connectivity index (χ4v) is 4.63. The van der Waals surface area contributed by atoms with Crippen LogP contribution in [0, 0.1) is 0 Å². The first-order chi connectivity index (χ1) is 19.5. The Balaban J connectivity index is 1.34. The van der Waals surface area contributed by atoms with E-state index in [1.807, 2.05) is 55.5 Å². The Hall–Kier alpha value is -4.78. The first-order valence-electron chi connectivity index (χ1n) is 13.4. The zero-order valence-corrected chi connectivity index (χ0v) is 22.3. The lowest BCUT2D eigenvalue weighted by molar-refractivity contribution is -0.137. The van der Waals surface area contributed by atoms with Gasteiger partial charge in [0.1, 0.15) is 16.9 Å². The molecule has 204 valence electrons. The van der Waals surface area contributed by atoms with Crippen molar-refractivity contribution in [3.8, 4) is 28.0 Å². The Morgan fingerprint density at radius 3 is 2.42 bits per heavy atom. The molecule has 1 aromatic heterocycles. The van der Waals surface area contributed by atoms with E-state index in [2.05, 4.69) is 35.6 Å². The number of amides is 1. The van der Waals surface area contributed by atoms with E-state index < -0.39 is 18.3 Å². The molecular formula is C33H31NO6. The van der Waals surface area contributed by atoms with Crippen molar-refractivity contribution in [1.29, 1.82) is 0 Å². The number of carbonyl (C=O) groups excluding carboxylic acids is 1. The number of aliphatic carboxylic acids is 1. The highest BCUT2D eigenvalue weighted by molar-refractivity contribution is 6.09. The SMILES string of the molecule is CCCCOC(=O)NC(CCC(=O)O)Oc1ccc(-c2cccc(-c3cccc4c3oc3ccccc34)c2)cc1. The highest BCUT2D eigenvalue weighted by Crippen LogP contribution is 2.37. The molecule has 7 nitrogen and oxygen atoms in total. The molecule has 0 aliphatic heterocycles.